The molecule has 3 N–H and O–H groups in total. The lowest BCUT2D eigenvalue weighted by Gasteiger charge is -2.11. The summed E-state index contributed by atoms with van der Waals surface area (Å²) in [6.07, 6.45) is 0. The number of aryl methyl sites for hydroxylation is 1. The molecule has 66 valence electrons. The van der Waals surface area contributed by atoms with Gasteiger partial charge in [-0.3, -0.25) is 10.3 Å². The van der Waals surface area contributed by atoms with Crippen LogP contribution >= 0.6 is 0 Å². The highest BCUT2D eigenvalue weighted by Crippen LogP contribution is 2.15. The molecular formula is C7H11N3O2. The van der Waals surface area contributed by atoms with E-state index in [0.717, 1.165) is 5.76 Å². The topological polar surface area (TPSA) is 71.5 Å². The Morgan fingerprint density at radius 1 is 1.67 bits per heavy atom. The van der Waals surface area contributed by atoms with Crippen molar-refractivity contribution in [3.63, 3.8) is 0 Å². The third kappa shape index (κ3) is 1.57. The SMILES string of the molecule is Cc1ccc(N(C)C(=O)NN)o1. The van der Waals surface area contributed by atoms with E-state index in [0.29, 0.717) is 5.88 Å². The highest BCUT2D eigenvalue weighted by Gasteiger charge is 2.11. The van der Waals surface area contributed by atoms with Gasteiger partial charge in [-0.2, -0.15) is 0 Å². The molecule has 0 fully saturated rings. The number of anilines is 1. The molecule has 0 bridgehead atoms. The quantitative estimate of drug-likeness (QED) is 0.367. The Morgan fingerprint density at radius 2 is 2.33 bits per heavy atom. The first-order chi connectivity index (χ1) is 5.65. The van der Waals surface area contributed by atoms with E-state index in [9.17, 15) is 4.79 Å². The van der Waals surface area contributed by atoms with Crippen molar-refractivity contribution in [3.8, 4) is 0 Å². The molecule has 0 spiro atoms. The molecule has 2 amide bonds. The number of rotatable bonds is 1. The molecule has 1 heterocycles. The van der Waals surface area contributed by atoms with Gasteiger partial charge < -0.3 is 4.42 Å². The van der Waals surface area contributed by atoms with Gasteiger partial charge in [-0.05, 0) is 13.0 Å². The Hall–Kier alpha value is -1.49. The number of carbonyl (C=O) groups excluding carboxylic acids is 1. The zero-order valence-corrected chi connectivity index (χ0v) is 7.00. The lowest BCUT2D eigenvalue weighted by molar-refractivity contribution is 0.246. The summed E-state index contributed by atoms with van der Waals surface area (Å²) >= 11 is 0. The van der Waals surface area contributed by atoms with Crippen molar-refractivity contribution in [3.05, 3.63) is 17.9 Å². The number of amides is 2. The van der Waals surface area contributed by atoms with Crippen LogP contribution < -0.4 is 16.2 Å². The van der Waals surface area contributed by atoms with Gasteiger partial charge in [-0.1, -0.05) is 0 Å². The average molecular weight is 169 g/mol. The molecule has 0 aliphatic rings. The molecule has 0 unspecified atom stereocenters. The van der Waals surface area contributed by atoms with Crippen LogP contribution in [0.1, 0.15) is 5.76 Å². The minimum absolute atomic E-state index is 0.413. The molecule has 1 aromatic rings. The summed E-state index contributed by atoms with van der Waals surface area (Å²) in [7, 11) is 1.57. The minimum atomic E-state index is -0.413. The Morgan fingerprint density at radius 3 is 2.75 bits per heavy atom. The fraction of sp³-hybridized carbons (Fsp3) is 0.286. The first-order valence-corrected chi connectivity index (χ1v) is 3.46. The monoisotopic (exact) mass is 169 g/mol. The minimum Gasteiger partial charge on any atom is -0.445 e. The normalized spacial score (nSPS) is 9.58. The maximum Gasteiger partial charge on any atom is 0.338 e. The molecule has 0 aromatic carbocycles. The molecule has 0 atom stereocenters. The average Bonchev–Trinajstić information content (AvgIpc) is 2.49. The van der Waals surface area contributed by atoms with E-state index in [-0.39, 0.29) is 0 Å². The molecule has 5 heteroatoms. The first kappa shape index (κ1) is 8.61. The van der Waals surface area contributed by atoms with Crippen molar-refractivity contribution < 1.29 is 9.21 Å². The predicted octanol–water partition coefficient (Wildman–Crippen LogP) is 0.608. The van der Waals surface area contributed by atoms with Crippen molar-refractivity contribution in [1.29, 1.82) is 0 Å². The highest BCUT2D eigenvalue weighted by atomic mass is 16.4. The summed E-state index contributed by atoms with van der Waals surface area (Å²) in [6, 6.07) is 3.06. The number of furan rings is 1. The molecule has 0 radical (unpaired) electrons. The number of urea groups is 1. The Kier molecular flexibility index (Phi) is 2.35. The van der Waals surface area contributed by atoms with Crippen LogP contribution in [0.5, 0.6) is 0 Å². The lowest BCUT2D eigenvalue weighted by atomic mass is 10.5. The largest absolute Gasteiger partial charge is 0.445 e. The zero-order chi connectivity index (χ0) is 9.14. The van der Waals surface area contributed by atoms with E-state index in [1.54, 1.807) is 26.1 Å². The number of nitrogens with zero attached hydrogens (tertiary/aromatic N) is 1. The molecule has 0 aliphatic heterocycles. The number of carbonyl (C=O) groups is 1. The maximum atomic E-state index is 11.0. The second-order valence-corrected chi connectivity index (χ2v) is 2.39. The van der Waals surface area contributed by atoms with Crippen molar-refractivity contribution >= 4 is 11.9 Å². The summed E-state index contributed by atoms with van der Waals surface area (Å²) in [5.41, 5.74) is 2.00. The van der Waals surface area contributed by atoms with Crippen LogP contribution in [0.4, 0.5) is 10.7 Å². The molecule has 1 rings (SSSR count). The van der Waals surface area contributed by atoms with Gasteiger partial charge in [-0.15, -0.1) is 0 Å². The fourth-order valence-corrected chi connectivity index (χ4v) is 0.799. The van der Waals surface area contributed by atoms with E-state index in [4.69, 9.17) is 10.3 Å². The molecule has 12 heavy (non-hydrogen) atoms. The van der Waals surface area contributed by atoms with E-state index < -0.39 is 6.03 Å². The molecule has 0 saturated heterocycles. The van der Waals surface area contributed by atoms with Gasteiger partial charge in [-0.25, -0.2) is 10.6 Å². The van der Waals surface area contributed by atoms with Crippen LogP contribution in [0.25, 0.3) is 0 Å². The van der Waals surface area contributed by atoms with Crippen molar-refractivity contribution in [2.45, 2.75) is 6.92 Å². The predicted molar refractivity (Wildman–Crippen MR) is 44.6 cm³/mol. The van der Waals surface area contributed by atoms with E-state index in [2.05, 4.69) is 0 Å². The van der Waals surface area contributed by atoms with Gasteiger partial charge in [0.2, 0.25) is 5.88 Å². The van der Waals surface area contributed by atoms with Gasteiger partial charge in [0.15, 0.2) is 0 Å². The Labute approximate surface area is 70.1 Å². The maximum absolute atomic E-state index is 11.0. The Bertz CT molecular complexity index is 282. The summed E-state index contributed by atoms with van der Waals surface area (Å²) < 4.78 is 5.18. The van der Waals surface area contributed by atoms with Crippen molar-refractivity contribution in [2.75, 3.05) is 11.9 Å². The second-order valence-electron chi connectivity index (χ2n) is 2.39. The number of hydrazine groups is 1. The highest BCUT2D eigenvalue weighted by molar-refractivity contribution is 5.89. The van der Waals surface area contributed by atoms with Crippen LogP contribution in [-0.4, -0.2) is 13.1 Å². The molecule has 1 aromatic heterocycles. The Balaban J connectivity index is 2.77. The van der Waals surface area contributed by atoms with E-state index in [1.165, 1.54) is 4.90 Å². The van der Waals surface area contributed by atoms with E-state index in [1.807, 2.05) is 5.43 Å². The molecule has 5 nitrogen and oxygen atoms in total. The summed E-state index contributed by atoms with van der Waals surface area (Å²) in [5, 5.41) is 0. The van der Waals surface area contributed by atoms with Gasteiger partial charge >= 0.3 is 6.03 Å². The summed E-state index contributed by atoms with van der Waals surface area (Å²) in [6.45, 7) is 1.80. The standard InChI is InChI=1S/C7H11N3O2/c1-5-3-4-6(12-5)10(2)7(11)9-8/h3-4H,8H2,1-2H3,(H,9,11). The summed E-state index contributed by atoms with van der Waals surface area (Å²) in [4.78, 5) is 12.2. The summed E-state index contributed by atoms with van der Waals surface area (Å²) in [5.74, 6) is 6.15. The zero-order valence-electron chi connectivity index (χ0n) is 7.00. The lowest BCUT2D eigenvalue weighted by Crippen LogP contribution is -2.41. The van der Waals surface area contributed by atoms with Gasteiger partial charge in [0.05, 0.1) is 0 Å². The molecule has 0 saturated carbocycles. The van der Waals surface area contributed by atoms with Crippen LogP contribution in [0.2, 0.25) is 0 Å². The fourth-order valence-electron chi connectivity index (χ4n) is 0.799. The van der Waals surface area contributed by atoms with E-state index >= 15 is 0 Å². The van der Waals surface area contributed by atoms with Crippen LogP contribution in [0.15, 0.2) is 16.5 Å². The number of nitrogens with one attached hydrogen (secondary N) is 1. The van der Waals surface area contributed by atoms with Gasteiger partial charge in [0.1, 0.15) is 5.76 Å². The van der Waals surface area contributed by atoms with Gasteiger partial charge in [0, 0.05) is 13.1 Å². The number of nitrogens with two attached hydrogens (primary N) is 1. The van der Waals surface area contributed by atoms with Gasteiger partial charge in [0.25, 0.3) is 0 Å². The van der Waals surface area contributed by atoms with Crippen molar-refractivity contribution in [2.24, 2.45) is 5.84 Å². The second kappa shape index (κ2) is 3.27. The third-order valence-electron chi connectivity index (χ3n) is 1.48. The van der Waals surface area contributed by atoms with Crippen LogP contribution in [-0.2, 0) is 0 Å². The van der Waals surface area contributed by atoms with Crippen molar-refractivity contribution in [1.82, 2.24) is 5.43 Å². The number of hydrogen-bond donors (Lipinski definition) is 2. The molecular weight excluding hydrogens is 158 g/mol. The van der Waals surface area contributed by atoms with Crippen LogP contribution in [0.3, 0.4) is 0 Å². The first-order valence-electron chi connectivity index (χ1n) is 3.46. The molecule has 0 aliphatic carbocycles. The number of hydrogen-bond acceptors (Lipinski definition) is 3. The third-order valence-corrected chi connectivity index (χ3v) is 1.48. The van der Waals surface area contributed by atoms with Crippen LogP contribution in [0, 0.1) is 6.92 Å². The smallest absolute Gasteiger partial charge is 0.338 e.